The maximum atomic E-state index is 12.7. The van der Waals surface area contributed by atoms with Crippen molar-refractivity contribution in [2.24, 2.45) is 0 Å². The largest absolute Gasteiger partial charge is 0.375 e. The van der Waals surface area contributed by atoms with Crippen LogP contribution in [0.4, 0.5) is 0 Å². The van der Waals surface area contributed by atoms with Crippen LogP contribution in [-0.2, 0) is 14.6 Å². The molecule has 0 aliphatic carbocycles. The number of benzene rings is 1. The molecule has 1 aromatic rings. The van der Waals surface area contributed by atoms with Crippen molar-refractivity contribution in [3.05, 3.63) is 29.8 Å². The molecule has 116 valence electrons. The highest BCUT2D eigenvalue weighted by molar-refractivity contribution is 7.91. The summed E-state index contributed by atoms with van der Waals surface area (Å²) in [5.74, 6) is -0.248. The highest BCUT2D eigenvalue weighted by atomic mass is 32.2. The number of amides is 1. The molecular weight excluding hydrogens is 290 g/mol. The third kappa shape index (κ3) is 3.44. The summed E-state index contributed by atoms with van der Waals surface area (Å²) in [4.78, 5) is 14.5. The van der Waals surface area contributed by atoms with Crippen LogP contribution < -0.4 is 0 Å². The Morgan fingerprint density at radius 3 is 2.71 bits per heavy atom. The van der Waals surface area contributed by atoms with Crippen LogP contribution in [0.15, 0.2) is 29.2 Å². The average molecular weight is 311 g/mol. The van der Waals surface area contributed by atoms with Crippen LogP contribution in [0.2, 0.25) is 0 Å². The number of rotatable bonds is 4. The monoisotopic (exact) mass is 311 g/mol. The summed E-state index contributed by atoms with van der Waals surface area (Å²) in [7, 11) is -3.41. The minimum Gasteiger partial charge on any atom is -0.375 e. The molecule has 1 fully saturated rings. The van der Waals surface area contributed by atoms with E-state index in [0.717, 1.165) is 6.42 Å². The number of nitrogens with zero attached hydrogens (tertiary/aromatic N) is 1. The van der Waals surface area contributed by atoms with Gasteiger partial charge < -0.3 is 9.64 Å². The SMILES string of the molecule is CC[C@H]1CN(C(=O)c2ccccc2S(=O)(=O)CC)CCO1. The van der Waals surface area contributed by atoms with E-state index in [9.17, 15) is 13.2 Å². The van der Waals surface area contributed by atoms with Crippen LogP contribution in [0.1, 0.15) is 30.6 Å². The molecule has 1 saturated heterocycles. The number of hydrogen-bond acceptors (Lipinski definition) is 4. The predicted molar refractivity (Wildman–Crippen MR) is 80.1 cm³/mol. The normalized spacial score (nSPS) is 19.5. The first-order valence-electron chi connectivity index (χ1n) is 7.22. The molecule has 1 aliphatic heterocycles. The van der Waals surface area contributed by atoms with Crippen LogP contribution in [0.25, 0.3) is 0 Å². The Morgan fingerprint density at radius 1 is 1.33 bits per heavy atom. The minimum absolute atomic E-state index is 0.0159. The second kappa shape index (κ2) is 6.58. The van der Waals surface area contributed by atoms with Gasteiger partial charge in [-0.2, -0.15) is 0 Å². The Morgan fingerprint density at radius 2 is 2.05 bits per heavy atom. The van der Waals surface area contributed by atoms with E-state index in [0.29, 0.717) is 19.7 Å². The van der Waals surface area contributed by atoms with Crippen LogP contribution in [-0.4, -0.2) is 50.8 Å². The highest BCUT2D eigenvalue weighted by Crippen LogP contribution is 2.20. The van der Waals surface area contributed by atoms with Gasteiger partial charge in [-0.1, -0.05) is 26.0 Å². The number of sulfone groups is 1. The van der Waals surface area contributed by atoms with Gasteiger partial charge in [0.2, 0.25) is 0 Å². The molecule has 2 rings (SSSR count). The number of carbonyl (C=O) groups is 1. The molecule has 0 radical (unpaired) electrons. The summed E-state index contributed by atoms with van der Waals surface area (Å²) in [6, 6.07) is 6.43. The molecule has 0 unspecified atom stereocenters. The topological polar surface area (TPSA) is 63.7 Å². The molecule has 6 heteroatoms. The molecule has 0 bridgehead atoms. The Balaban J connectivity index is 2.32. The minimum atomic E-state index is -3.41. The zero-order valence-electron chi connectivity index (χ0n) is 12.4. The first-order valence-corrected chi connectivity index (χ1v) is 8.87. The van der Waals surface area contributed by atoms with Crippen LogP contribution >= 0.6 is 0 Å². The number of morpholine rings is 1. The average Bonchev–Trinajstić information content (AvgIpc) is 2.54. The Bertz CT molecular complexity index is 612. The quantitative estimate of drug-likeness (QED) is 0.849. The van der Waals surface area contributed by atoms with Gasteiger partial charge in [0.1, 0.15) is 0 Å². The molecule has 0 aromatic heterocycles. The van der Waals surface area contributed by atoms with Gasteiger partial charge in [0.05, 0.1) is 28.9 Å². The predicted octanol–water partition coefficient (Wildman–Crippen LogP) is 1.73. The summed E-state index contributed by atoms with van der Waals surface area (Å²) < 4.78 is 29.8. The van der Waals surface area contributed by atoms with Gasteiger partial charge >= 0.3 is 0 Å². The number of carbonyl (C=O) groups excluding carboxylic acids is 1. The standard InChI is InChI=1S/C15H21NO4S/c1-3-12-11-16(9-10-20-12)15(17)13-7-5-6-8-14(13)21(18,19)4-2/h5-8,12H,3-4,9-11H2,1-2H3/t12-/m0/s1. The van der Waals surface area contributed by atoms with Gasteiger partial charge in [-0.25, -0.2) is 8.42 Å². The maximum Gasteiger partial charge on any atom is 0.255 e. The highest BCUT2D eigenvalue weighted by Gasteiger charge is 2.28. The molecular formula is C15H21NO4S. The van der Waals surface area contributed by atoms with E-state index in [-0.39, 0.29) is 28.2 Å². The third-order valence-electron chi connectivity index (χ3n) is 3.71. The fraction of sp³-hybridized carbons (Fsp3) is 0.533. The lowest BCUT2D eigenvalue weighted by molar-refractivity contribution is -0.0227. The van der Waals surface area contributed by atoms with Crippen molar-refractivity contribution in [1.29, 1.82) is 0 Å². The lowest BCUT2D eigenvalue weighted by Crippen LogP contribution is -2.45. The molecule has 1 heterocycles. The van der Waals surface area contributed by atoms with E-state index in [1.807, 2.05) is 6.92 Å². The second-order valence-corrected chi connectivity index (χ2v) is 7.30. The first kappa shape index (κ1) is 16.0. The maximum absolute atomic E-state index is 12.7. The first-order chi connectivity index (χ1) is 9.99. The van der Waals surface area contributed by atoms with Gasteiger partial charge in [-0.3, -0.25) is 4.79 Å². The van der Waals surface area contributed by atoms with Crippen molar-refractivity contribution < 1.29 is 17.9 Å². The number of hydrogen-bond donors (Lipinski definition) is 0. The van der Waals surface area contributed by atoms with E-state index < -0.39 is 9.84 Å². The molecule has 0 spiro atoms. The molecule has 0 saturated carbocycles. The zero-order valence-corrected chi connectivity index (χ0v) is 13.2. The molecule has 1 aliphatic rings. The van der Waals surface area contributed by atoms with Crippen molar-refractivity contribution in [1.82, 2.24) is 4.90 Å². The van der Waals surface area contributed by atoms with Crippen molar-refractivity contribution in [3.8, 4) is 0 Å². The van der Waals surface area contributed by atoms with Crippen molar-refractivity contribution in [2.45, 2.75) is 31.3 Å². The molecule has 21 heavy (non-hydrogen) atoms. The number of ether oxygens (including phenoxy) is 1. The molecule has 1 aromatic carbocycles. The lowest BCUT2D eigenvalue weighted by atomic mass is 10.1. The molecule has 1 atom stereocenters. The van der Waals surface area contributed by atoms with E-state index in [1.165, 1.54) is 6.07 Å². The summed E-state index contributed by atoms with van der Waals surface area (Å²) in [5, 5.41) is 0. The van der Waals surface area contributed by atoms with Crippen molar-refractivity contribution >= 4 is 15.7 Å². The summed E-state index contributed by atoms with van der Waals surface area (Å²) in [6.45, 7) is 5.09. The van der Waals surface area contributed by atoms with Crippen LogP contribution in [0, 0.1) is 0 Å². The van der Waals surface area contributed by atoms with Crippen LogP contribution in [0.3, 0.4) is 0 Å². The van der Waals surface area contributed by atoms with Crippen LogP contribution in [0.5, 0.6) is 0 Å². The Kier molecular flexibility index (Phi) is 5.00. The van der Waals surface area contributed by atoms with E-state index >= 15 is 0 Å². The third-order valence-corrected chi connectivity index (χ3v) is 5.50. The van der Waals surface area contributed by atoms with Crippen molar-refractivity contribution in [3.63, 3.8) is 0 Å². The summed E-state index contributed by atoms with van der Waals surface area (Å²) in [5.41, 5.74) is 0.260. The second-order valence-electron chi connectivity index (χ2n) is 5.05. The van der Waals surface area contributed by atoms with E-state index in [2.05, 4.69) is 0 Å². The van der Waals surface area contributed by atoms with E-state index in [1.54, 1.807) is 30.0 Å². The fourth-order valence-corrected chi connectivity index (χ4v) is 3.48. The van der Waals surface area contributed by atoms with Gasteiger partial charge in [0, 0.05) is 13.1 Å². The fourth-order valence-electron chi connectivity index (χ4n) is 2.39. The molecule has 5 nitrogen and oxygen atoms in total. The molecule has 0 N–H and O–H groups in total. The van der Waals surface area contributed by atoms with Gasteiger partial charge in [-0.05, 0) is 18.6 Å². The lowest BCUT2D eigenvalue weighted by Gasteiger charge is -2.32. The molecule has 1 amide bonds. The van der Waals surface area contributed by atoms with Crippen molar-refractivity contribution in [2.75, 3.05) is 25.4 Å². The Hall–Kier alpha value is -1.40. The summed E-state index contributed by atoms with van der Waals surface area (Å²) >= 11 is 0. The van der Waals surface area contributed by atoms with E-state index in [4.69, 9.17) is 4.74 Å². The van der Waals surface area contributed by atoms with Gasteiger partial charge in [0.15, 0.2) is 9.84 Å². The van der Waals surface area contributed by atoms with Gasteiger partial charge in [0.25, 0.3) is 5.91 Å². The van der Waals surface area contributed by atoms with Gasteiger partial charge in [-0.15, -0.1) is 0 Å². The summed E-state index contributed by atoms with van der Waals surface area (Å²) in [6.07, 6.45) is 0.858. The smallest absolute Gasteiger partial charge is 0.255 e. The zero-order chi connectivity index (χ0) is 15.5. The Labute approximate surface area is 125 Å².